The number of fused-ring (bicyclic) bond motifs is 2. The molecule has 0 bridgehead atoms. The van der Waals surface area contributed by atoms with Crippen molar-refractivity contribution in [2.45, 2.75) is 97.6 Å². The van der Waals surface area contributed by atoms with Crippen LogP contribution in [0.5, 0.6) is 0 Å². The summed E-state index contributed by atoms with van der Waals surface area (Å²) in [5.74, 6) is 2.75. The van der Waals surface area contributed by atoms with Gasteiger partial charge in [0, 0.05) is 0 Å². The van der Waals surface area contributed by atoms with Crippen molar-refractivity contribution in [2.24, 2.45) is 34.5 Å². The lowest BCUT2D eigenvalue weighted by atomic mass is 9.88. The van der Waals surface area contributed by atoms with Gasteiger partial charge in [0.1, 0.15) is 0 Å². The SMILES string of the molecule is CC1CCC2C(C)(C)C2(OC(C[NH])OC23CC(C)CCC2C3(C)C)C1. The first kappa shape index (κ1) is 18.3. The van der Waals surface area contributed by atoms with Crippen LogP contribution in [0.2, 0.25) is 0 Å². The maximum atomic E-state index is 8.12. The van der Waals surface area contributed by atoms with Gasteiger partial charge in [-0.1, -0.05) is 54.4 Å². The largest absolute Gasteiger partial charge is 0.344 e. The van der Waals surface area contributed by atoms with Gasteiger partial charge in [0.25, 0.3) is 0 Å². The van der Waals surface area contributed by atoms with E-state index >= 15 is 0 Å². The first-order valence-electron chi connectivity index (χ1n) is 10.6. The highest BCUT2D eigenvalue weighted by atomic mass is 16.7. The molecule has 1 N–H and O–H groups in total. The molecule has 0 aromatic heterocycles. The van der Waals surface area contributed by atoms with Crippen LogP contribution < -0.4 is 5.73 Å². The van der Waals surface area contributed by atoms with Crippen LogP contribution in [0.25, 0.3) is 0 Å². The van der Waals surface area contributed by atoms with Gasteiger partial charge in [0.2, 0.25) is 0 Å². The molecule has 0 spiro atoms. The molecule has 143 valence electrons. The third-order valence-corrected chi connectivity index (χ3v) is 8.93. The van der Waals surface area contributed by atoms with E-state index in [0.717, 1.165) is 24.7 Å². The van der Waals surface area contributed by atoms with Crippen LogP contribution in [0.3, 0.4) is 0 Å². The first-order valence-corrected chi connectivity index (χ1v) is 10.6. The van der Waals surface area contributed by atoms with Crippen molar-refractivity contribution < 1.29 is 9.47 Å². The van der Waals surface area contributed by atoms with Crippen molar-refractivity contribution in [3.63, 3.8) is 0 Å². The molecular formula is C22H38NO2. The Morgan fingerprint density at radius 1 is 0.800 bits per heavy atom. The van der Waals surface area contributed by atoms with Crippen LogP contribution in [0.1, 0.15) is 80.1 Å². The fourth-order valence-electron chi connectivity index (χ4n) is 7.13. The number of hydrogen-bond acceptors (Lipinski definition) is 2. The molecule has 4 saturated carbocycles. The molecule has 1 radical (unpaired) electrons. The fraction of sp³-hybridized carbons (Fsp3) is 1.00. The molecule has 4 fully saturated rings. The normalized spacial score (nSPS) is 50.5. The second-order valence-electron chi connectivity index (χ2n) is 11.0. The highest BCUT2D eigenvalue weighted by Crippen LogP contribution is 2.73. The van der Waals surface area contributed by atoms with Crippen molar-refractivity contribution in [3.05, 3.63) is 0 Å². The molecule has 6 atom stereocenters. The Bertz CT molecular complexity index is 498. The van der Waals surface area contributed by atoms with Gasteiger partial charge in [0.05, 0.1) is 17.7 Å². The van der Waals surface area contributed by atoms with Crippen molar-refractivity contribution >= 4 is 0 Å². The van der Waals surface area contributed by atoms with Crippen molar-refractivity contribution in [2.75, 3.05) is 6.54 Å². The maximum Gasteiger partial charge on any atom is 0.172 e. The Hall–Kier alpha value is -0.120. The van der Waals surface area contributed by atoms with E-state index in [1.165, 1.54) is 25.7 Å². The van der Waals surface area contributed by atoms with E-state index < -0.39 is 0 Å². The summed E-state index contributed by atoms with van der Waals surface area (Å²) in [7, 11) is 0. The Morgan fingerprint density at radius 3 is 1.56 bits per heavy atom. The molecule has 4 aliphatic carbocycles. The van der Waals surface area contributed by atoms with Crippen LogP contribution in [0, 0.1) is 34.5 Å². The zero-order valence-electron chi connectivity index (χ0n) is 17.2. The summed E-state index contributed by atoms with van der Waals surface area (Å²) < 4.78 is 13.4. The van der Waals surface area contributed by atoms with E-state index in [4.69, 9.17) is 15.2 Å². The highest BCUT2D eigenvalue weighted by Gasteiger charge is 2.76. The predicted octanol–water partition coefficient (Wildman–Crippen LogP) is 5.06. The summed E-state index contributed by atoms with van der Waals surface area (Å²) in [6.07, 6.45) is 7.11. The molecule has 0 aromatic rings. The molecule has 4 rings (SSSR count). The summed E-state index contributed by atoms with van der Waals surface area (Å²) in [5.41, 5.74) is 8.52. The maximum absolute atomic E-state index is 8.12. The van der Waals surface area contributed by atoms with Gasteiger partial charge >= 0.3 is 0 Å². The molecule has 4 aliphatic rings. The topological polar surface area (TPSA) is 42.3 Å². The van der Waals surface area contributed by atoms with E-state index in [1.807, 2.05) is 0 Å². The Balaban J connectivity index is 1.50. The minimum absolute atomic E-state index is 0.0398. The summed E-state index contributed by atoms with van der Waals surface area (Å²) in [4.78, 5) is 0. The van der Waals surface area contributed by atoms with Crippen LogP contribution in [-0.2, 0) is 9.47 Å². The van der Waals surface area contributed by atoms with Crippen molar-refractivity contribution in [1.29, 1.82) is 0 Å². The second kappa shape index (κ2) is 5.45. The molecule has 3 heteroatoms. The molecule has 3 nitrogen and oxygen atoms in total. The average Bonchev–Trinajstić information content (AvgIpc) is 3.20. The molecule has 6 unspecified atom stereocenters. The predicted molar refractivity (Wildman–Crippen MR) is 100.0 cm³/mol. The van der Waals surface area contributed by atoms with E-state index in [9.17, 15) is 0 Å². The van der Waals surface area contributed by atoms with Gasteiger partial charge in [-0.2, -0.15) is 0 Å². The molecule has 0 aliphatic heterocycles. The Labute approximate surface area is 154 Å². The Kier molecular flexibility index (Phi) is 3.98. The Morgan fingerprint density at radius 2 is 1.20 bits per heavy atom. The molecule has 0 heterocycles. The summed E-state index contributed by atoms with van der Waals surface area (Å²) in [6.45, 7) is 14.4. The highest BCUT2D eigenvalue weighted by molar-refractivity contribution is 5.24. The first-order chi connectivity index (χ1) is 11.6. The number of rotatable bonds is 5. The zero-order valence-corrected chi connectivity index (χ0v) is 17.2. The second-order valence-corrected chi connectivity index (χ2v) is 11.0. The summed E-state index contributed by atoms with van der Waals surface area (Å²) in [6, 6.07) is 0. The van der Waals surface area contributed by atoms with E-state index in [-0.39, 0.29) is 34.9 Å². The molecule has 0 saturated heterocycles. The monoisotopic (exact) mass is 348 g/mol. The van der Waals surface area contributed by atoms with Crippen molar-refractivity contribution in [3.8, 4) is 0 Å². The van der Waals surface area contributed by atoms with Crippen LogP contribution >= 0.6 is 0 Å². The van der Waals surface area contributed by atoms with E-state index in [1.54, 1.807) is 0 Å². The van der Waals surface area contributed by atoms with Crippen LogP contribution in [-0.4, -0.2) is 24.0 Å². The zero-order chi connectivity index (χ0) is 18.3. The quantitative estimate of drug-likeness (QED) is 0.652. The van der Waals surface area contributed by atoms with Gasteiger partial charge < -0.3 is 9.47 Å². The molecule has 0 amide bonds. The van der Waals surface area contributed by atoms with Crippen LogP contribution in [0.4, 0.5) is 0 Å². The third kappa shape index (κ3) is 2.34. The minimum atomic E-state index is -0.357. The lowest BCUT2D eigenvalue weighted by Crippen LogP contribution is -2.41. The van der Waals surface area contributed by atoms with Gasteiger partial charge in [0.15, 0.2) is 6.29 Å². The lowest BCUT2D eigenvalue weighted by molar-refractivity contribution is -0.234. The van der Waals surface area contributed by atoms with Gasteiger partial charge in [-0.15, -0.1) is 0 Å². The minimum Gasteiger partial charge on any atom is -0.344 e. The average molecular weight is 349 g/mol. The summed E-state index contributed by atoms with van der Waals surface area (Å²) in [5, 5.41) is 0. The fourth-order valence-corrected chi connectivity index (χ4v) is 7.13. The molecule has 0 aromatic carbocycles. The van der Waals surface area contributed by atoms with Gasteiger partial charge in [-0.05, 0) is 60.2 Å². The standard InChI is InChI=1S/C22H38NO2/c1-14-7-9-16-19(3,4)21(16,11-14)24-18(13-23)25-22-12-15(2)8-10-17(22)20(22,5)6/h14-18,23H,7-13H2,1-6H3. The number of ether oxygens (including phenoxy) is 2. The summed E-state index contributed by atoms with van der Waals surface area (Å²) >= 11 is 0. The van der Waals surface area contributed by atoms with E-state index in [2.05, 4.69) is 41.5 Å². The van der Waals surface area contributed by atoms with Gasteiger partial charge in [-0.3, -0.25) is 5.73 Å². The number of hydrogen-bond donors (Lipinski definition) is 0. The lowest BCUT2D eigenvalue weighted by Gasteiger charge is -2.36. The van der Waals surface area contributed by atoms with E-state index in [0.29, 0.717) is 11.8 Å². The number of nitrogens with one attached hydrogen (secondary N) is 1. The molecule has 25 heavy (non-hydrogen) atoms. The van der Waals surface area contributed by atoms with Crippen molar-refractivity contribution in [1.82, 2.24) is 5.73 Å². The smallest absolute Gasteiger partial charge is 0.172 e. The molecular weight excluding hydrogens is 310 g/mol. The third-order valence-electron chi connectivity index (χ3n) is 8.93. The van der Waals surface area contributed by atoms with Crippen LogP contribution in [0.15, 0.2) is 0 Å². The van der Waals surface area contributed by atoms with Gasteiger partial charge in [-0.25, -0.2) is 0 Å².